The number of halogens is 1. The summed E-state index contributed by atoms with van der Waals surface area (Å²) in [4.78, 5) is 0. The van der Waals surface area contributed by atoms with E-state index in [0.717, 1.165) is 23.1 Å². The molecule has 0 atom stereocenters. The van der Waals surface area contributed by atoms with Gasteiger partial charge in [-0.1, -0.05) is 6.92 Å². The molecular formula is C12H18BrNO2. The number of hydrogen-bond donors (Lipinski definition) is 1. The minimum absolute atomic E-state index is 0.520. The molecule has 3 nitrogen and oxygen atoms in total. The van der Waals surface area contributed by atoms with Crippen molar-refractivity contribution in [2.24, 2.45) is 0 Å². The van der Waals surface area contributed by atoms with Crippen molar-refractivity contribution in [1.82, 2.24) is 0 Å². The first-order valence-corrected chi connectivity index (χ1v) is 6.20. The van der Waals surface area contributed by atoms with Crippen LogP contribution < -0.4 is 10.5 Å². The second kappa shape index (κ2) is 6.76. The highest BCUT2D eigenvalue weighted by atomic mass is 79.9. The predicted molar refractivity (Wildman–Crippen MR) is 69.9 cm³/mol. The molecule has 0 bridgehead atoms. The fourth-order valence-corrected chi connectivity index (χ4v) is 2.06. The molecule has 0 aromatic heterocycles. The Kier molecular flexibility index (Phi) is 5.63. The van der Waals surface area contributed by atoms with Gasteiger partial charge in [-0.25, -0.2) is 0 Å². The molecule has 0 saturated heterocycles. The molecule has 0 heterocycles. The van der Waals surface area contributed by atoms with Crippen LogP contribution in [-0.2, 0) is 4.74 Å². The van der Waals surface area contributed by atoms with Gasteiger partial charge < -0.3 is 15.2 Å². The molecule has 0 amide bonds. The van der Waals surface area contributed by atoms with Gasteiger partial charge in [0.15, 0.2) is 5.75 Å². The lowest BCUT2D eigenvalue weighted by atomic mass is 10.2. The maximum absolute atomic E-state index is 5.87. The van der Waals surface area contributed by atoms with E-state index in [4.69, 9.17) is 15.2 Å². The summed E-state index contributed by atoms with van der Waals surface area (Å²) in [5.41, 5.74) is 7.63. The van der Waals surface area contributed by atoms with E-state index in [2.05, 4.69) is 22.9 Å². The number of benzene rings is 1. The molecule has 0 spiro atoms. The molecule has 0 saturated carbocycles. The molecule has 0 fully saturated rings. The quantitative estimate of drug-likeness (QED) is 0.646. The predicted octanol–water partition coefficient (Wildman–Crippen LogP) is 3.15. The lowest BCUT2D eigenvalue weighted by Gasteiger charge is -2.11. The Balaban J connectivity index is 2.47. The van der Waals surface area contributed by atoms with E-state index in [-0.39, 0.29) is 0 Å². The van der Waals surface area contributed by atoms with Crippen LogP contribution in [0.5, 0.6) is 5.75 Å². The van der Waals surface area contributed by atoms with Gasteiger partial charge in [0.1, 0.15) is 6.61 Å². The first-order chi connectivity index (χ1) is 7.65. The standard InChI is InChI=1S/C12H18BrNO2/c1-3-4-15-5-6-16-12-10(13)7-9(2)8-11(12)14/h7-8H,3-6,14H2,1-2H3. The molecule has 0 aliphatic rings. The normalized spacial score (nSPS) is 10.4. The highest BCUT2D eigenvalue weighted by molar-refractivity contribution is 9.10. The topological polar surface area (TPSA) is 44.5 Å². The van der Waals surface area contributed by atoms with Gasteiger partial charge in [0.05, 0.1) is 16.8 Å². The van der Waals surface area contributed by atoms with E-state index in [9.17, 15) is 0 Å². The van der Waals surface area contributed by atoms with Crippen molar-refractivity contribution in [1.29, 1.82) is 0 Å². The molecule has 4 heteroatoms. The first kappa shape index (κ1) is 13.3. The Labute approximate surface area is 105 Å². The lowest BCUT2D eigenvalue weighted by Crippen LogP contribution is -2.08. The minimum Gasteiger partial charge on any atom is -0.488 e. The largest absolute Gasteiger partial charge is 0.488 e. The average Bonchev–Trinajstić information content (AvgIpc) is 2.20. The Bertz CT molecular complexity index is 319. The van der Waals surface area contributed by atoms with Crippen LogP contribution in [0, 0.1) is 6.92 Å². The summed E-state index contributed by atoms with van der Waals surface area (Å²) in [6.45, 7) is 5.96. The van der Waals surface area contributed by atoms with Crippen LogP contribution in [-0.4, -0.2) is 19.8 Å². The van der Waals surface area contributed by atoms with E-state index < -0.39 is 0 Å². The lowest BCUT2D eigenvalue weighted by molar-refractivity contribution is 0.101. The second-order valence-electron chi connectivity index (χ2n) is 3.63. The number of ether oxygens (including phenoxy) is 2. The maximum atomic E-state index is 5.87. The van der Waals surface area contributed by atoms with Crippen molar-refractivity contribution < 1.29 is 9.47 Å². The van der Waals surface area contributed by atoms with Crippen LogP contribution in [0.1, 0.15) is 18.9 Å². The Morgan fingerprint density at radius 3 is 2.62 bits per heavy atom. The highest BCUT2D eigenvalue weighted by Crippen LogP contribution is 2.32. The van der Waals surface area contributed by atoms with Gasteiger partial charge in [0, 0.05) is 6.61 Å². The van der Waals surface area contributed by atoms with Crippen molar-refractivity contribution in [3.63, 3.8) is 0 Å². The van der Waals surface area contributed by atoms with E-state index in [1.54, 1.807) is 0 Å². The molecule has 0 aliphatic carbocycles. The fraction of sp³-hybridized carbons (Fsp3) is 0.500. The number of nitrogens with two attached hydrogens (primary N) is 1. The summed E-state index contributed by atoms with van der Waals surface area (Å²) in [6.07, 6.45) is 1.02. The van der Waals surface area contributed by atoms with Gasteiger partial charge in [0.25, 0.3) is 0 Å². The third-order valence-corrected chi connectivity index (χ3v) is 2.63. The van der Waals surface area contributed by atoms with Crippen LogP contribution in [0.15, 0.2) is 16.6 Å². The van der Waals surface area contributed by atoms with E-state index >= 15 is 0 Å². The highest BCUT2D eigenvalue weighted by Gasteiger charge is 2.06. The van der Waals surface area contributed by atoms with Crippen molar-refractivity contribution in [3.8, 4) is 5.75 Å². The summed E-state index contributed by atoms with van der Waals surface area (Å²) in [7, 11) is 0. The number of aryl methyl sites for hydroxylation is 1. The van der Waals surface area contributed by atoms with Crippen molar-refractivity contribution in [3.05, 3.63) is 22.2 Å². The third kappa shape index (κ3) is 4.02. The van der Waals surface area contributed by atoms with E-state index in [1.165, 1.54) is 0 Å². The summed E-state index contributed by atoms with van der Waals surface area (Å²) < 4.78 is 11.8. The monoisotopic (exact) mass is 287 g/mol. The minimum atomic E-state index is 0.520. The summed E-state index contributed by atoms with van der Waals surface area (Å²) in [5, 5.41) is 0. The zero-order valence-electron chi connectivity index (χ0n) is 9.75. The fourth-order valence-electron chi connectivity index (χ4n) is 1.36. The summed E-state index contributed by atoms with van der Waals surface area (Å²) >= 11 is 3.43. The second-order valence-corrected chi connectivity index (χ2v) is 4.48. The number of anilines is 1. The van der Waals surface area contributed by atoms with Crippen LogP contribution in [0.2, 0.25) is 0 Å². The van der Waals surface area contributed by atoms with E-state index in [0.29, 0.717) is 24.7 Å². The Morgan fingerprint density at radius 2 is 2.00 bits per heavy atom. The molecule has 2 N–H and O–H groups in total. The maximum Gasteiger partial charge on any atom is 0.156 e. The molecule has 90 valence electrons. The van der Waals surface area contributed by atoms with Crippen molar-refractivity contribution in [2.75, 3.05) is 25.6 Å². The van der Waals surface area contributed by atoms with E-state index in [1.807, 2.05) is 19.1 Å². The van der Waals surface area contributed by atoms with Crippen molar-refractivity contribution >= 4 is 21.6 Å². The van der Waals surface area contributed by atoms with Gasteiger partial charge >= 0.3 is 0 Å². The van der Waals surface area contributed by atoms with Crippen LogP contribution in [0.3, 0.4) is 0 Å². The van der Waals surface area contributed by atoms with Crippen molar-refractivity contribution in [2.45, 2.75) is 20.3 Å². The Hall–Kier alpha value is -0.740. The average molecular weight is 288 g/mol. The van der Waals surface area contributed by atoms with Gasteiger partial charge in [-0.05, 0) is 47.0 Å². The zero-order valence-corrected chi connectivity index (χ0v) is 11.3. The first-order valence-electron chi connectivity index (χ1n) is 5.41. The molecular weight excluding hydrogens is 270 g/mol. The van der Waals surface area contributed by atoms with Gasteiger partial charge in [-0.2, -0.15) is 0 Å². The number of nitrogen functional groups attached to an aromatic ring is 1. The summed E-state index contributed by atoms with van der Waals surface area (Å²) in [6, 6.07) is 3.88. The van der Waals surface area contributed by atoms with Crippen LogP contribution in [0.25, 0.3) is 0 Å². The molecule has 0 radical (unpaired) electrons. The molecule has 0 aliphatic heterocycles. The molecule has 0 unspecified atom stereocenters. The molecule has 1 aromatic carbocycles. The molecule has 1 aromatic rings. The third-order valence-electron chi connectivity index (χ3n) is 2.04. The number of hydrogen-bond acceptors (Lipinski definition) is 3. The smallest absolute Gasteiger partial charge is 0.156 e. The van der Waals surface area contributed by atoms with Gasteiger partial charge in [0.2, 0.25) is 0 Å². The van der Waals surface area contributed by atoms with Crippen LogP contribution in [0.4, 0.5) is 5.69 Å². The molecule has 1 rings (SSSR count). The van der Waals surface area contributed by atoms with Gasteiger partial charge in [-0.15, -0.1) is 0 Å². The molecule has 16 heavy (non-hydrogen) atoms. The number of rotatable bonds is 6. The SMILES string of the molecule is CCCOCCOc1c(N)cc(C)cc1Br. The zero-order chi connectivity index (χ0) is 12.0. The Morgan fingerprint density at radius 1 is 1.25 bits per heavy atom. The van der Waals surface area contributed by atoms with Crippen LogP contribution >= 0.6 is 15.9 Å². The summed E-state index contributed by atoms with van der Waals surface area (Å²) in [5.74, 6) is 0.700. The van der Waals surface area contributed by atoms with Gasteiger partial charge in [-0.3, -0.25) is 0 Å².